The molecule has 0 aliphatic heterocycles. The van der Waals surface area contributed by atoms with Gasteiger partial charge < -0.3 is 16.0 Å². The lowest BCUT2D eigenvalue weighted by atomic mass is 10.1. The Morgan fingerprint density at radius 3 is 2.74 bits per heavy atom. The van der Waals surface area contributed by atoms with Gasteiger partial charge in [0.25, 0.3) is 0 Å². The number of halogens is 1. The molecule has 6 heteroatoms. The molecule has 0 bridgehead atoms. The number of amides is 3. The Kier molecular flexibility index (Phi) is 5.96. The summed E-state index contributed by atoms with van der Waals surface area (Å²) < 4.78 is 13.6. The van der Waals surface area contributed by atoms with Crippen LogP contribution in [0.5, 0.6) is 0 Å². The minimum absolute atomic E-state index is 0.0130. The Hall–Kier alpha value is -2.11. The van der Waals surface area contributed by atoms with Gasteiger partial charge in [-0.05, 0) is 36.5 Å². The van der Waals surface area contributed by atoms with E-state index < -0.39 is 0 Å². The van der Waals surface area contributed by atoms with Crippen molar-refractivity contribution in [2.75, 3.05) is 13.1 Å². The van der Waals surface area contributed by atoms with Crippen molar-refractivity contribution in [2.24, 2.45) is 5.92 Å². The number of rotatable bonds is 6. The van der Waals surface area contributed by atoms with Crippen LogP contribution in [-0.2, 0) is 11.2 Å². The number of carbonyl (C=O) groups excluding carboxylic acids is 2. The SMILES string of the molecule is CC(C)C(=O)NCCCNC(=O)N[C@H]1CCc2c(F)cccc21. The van der Waals surface area contributed by atoms with Crippen LogP contribution < -0.4 is 16.0 Å². The third-order valence-electron chi connectivity index (χ3n) is 3.98. The second-order valence-electron chi connectivity index (χ2n) is 6.10. The quantitative estimate of drug-likeness (QED) is 0.704. The van der Waals surface area contributed by atoms with Gasteiger partial charge in [-0.1, -0.05) is 26.0 Å². The van der Waals surface area contributed by atoms with E-state index in [4.69, 9.17) is 0 Å². The molecular weight excluding hydrogens is 297 g/mol. The van der Waals surface area contributed by atoms with Crippen molar-refractivity contribution < 1.29 is 14.0 Å². The first-order valence-corrected chi connectivity index (χ1v) is 8.08. The van der Waals surface area contributed by atoms with Crippen LogP contribution in [0.4, 0.5) is 9.18 Å². The Labute approximate surface area is 136 Å². The van der Waals surface area contributed by atoms with Crippen LogP contribution in [0.1, 0.15) is 43.9 Å². The second-order valence-corrected chi connectivity index (χ2v) is 6.10. The maximum Gasteiger partial charge on any atom is 0.315 e. The van der Waals surface area contributed by atoms with E-state index in [0.29, 0.717) is 37.9 Å². The predicted octanol–water partition coefficient (Wildman–Crippen LogP) is 2.27. The molecule has 1 aliphatic rings. The number of benzene rings is 1. The molecule has 0 heterocycles. The van der Waals surface area contributed by atoms with Crippen molar-refractivity contribution in [3.8, 4) is 0 Å². The normalized spacial score (nSPS) is 16.1. The molecule has 1 aliphatic carbocycles. The summed E-state index contributed by atoms with van der Waals surface area (Å²) in [5, 5.41) is 8.43. The van der Waals surface area contributed by atoms with Gasteiger partial charge in [-0.15, -0.1) is 0 Å². The Bertz CT molecular complexity index is 575. The van der Waals surface area contributed by atoms with E-state index >= 15 is 0 Å². The lowest BCUT2D eigenvalue weighted by Crippen LogP contribution is -2.39. The minimum atomic E-state index is -0.262. The fourth-order valence-electron chi connectivity index (χ4n) is 2.67. The molecule has 0 fully saturated rings. The number of fused-ring (bicyclic) bond motifs is 1. The molecule has 23 heavy (non-hydrogen) atoms. The van der Waals surface area contributed by atoms with Crippen LogP contribution in [0.2, 0.25) is 0 Å². The van der Waals surface area contributed by atoms with E-state index in [0.717, 1.165) is 5.56 Å². The summed E-state index contributed by atoms with van der Waals surface area (Å²) in [4.78, 5) is 23.3. The number of carbonyl (C=O) groups is 2. The molecule has 126 valence electrons. The van der Waals surface area contributed by atoms with Gasteiger partial charge in [0.1, 0.15) is 5.82 Å². The number of hydrogen-bond acceptors (Lipinski definition) is 2. The fraction of sp³-hybridized carbons (Fsp3) is 0.529. The van der Waals surface area contributed by atoms with Crippen molar-refractivity contribution in [1.29, 1.82) is 0 Å². The molecule has 1 aromatic carbocycles. The minimum Gasteiger partial charge on any atom is -0.356 e. The molecule has 0 radical (unpaired) electrons. The summed E-state index contributed by atoms with van der Waals surface area (Å²) in [6.07, 6.45) is 2.03. The average molecular weight is 321 g/mol. The van der Waals surface area contributed by atoms with Gasteiger partial charge in [-0.2, -0.15) is 0 Å². The van der Waals surface area contributed by atoms with Gasteiger partial charge in [0.2, 0.25) is 5.91 Å². The standard InChI is InChI=1S/C17H24FN3O2/c1-11(2)16(22)19-9-4-10-20-17(23)21-15-8-7-12-13(15)5-3-6-14(12)18/h3,5-6,11,15H,4,7-10H2,1-2H3,(H,19,22)(H2,20,21,23)/t15-/m0/s1. The van der Waals surface area contributed by atoms with Crippen LogP contribution in [-0.4, -0.2) is 25.0 Å². The van der Waals surface area contributed by atoms with E-state index in [1.807, 2.05) is 19.9 Å². The predicted molar refractivity (Wildman–Crippen MR) is 86.5 cm³/mol. The van der Waals surface area contributed by atoms with Crippen LogP contribution in [0, 0.1) is 11.7 Å². The third kappa shape index (κ3) is 4.68. The van der Waals surface area contributed by atoms with E-state index in [2.05, 4.69) is 16.0 Å². The summed E-state index contributed by atoms with van der Waals surface area (Å²) >= 11 is 0. The highest BCUT2D eigenvalue weighted by molar-refractivity contribution is 5.77. The third-order valence-corrected chi connectivity index (χ3v) is 3.98. The zero-order valence-corrected chi connectivity index (χ0v) is 13.6. The van der Waals surface area contributed by atoms with E-state index in [-0.39, 0.29) is 29.7 Å². The van der Waals surface area contributed by atoms with Crippen LogP contribution in [0.3, 0.4) is 0 Å². The molecule has 0 saturated carbocycles. The first-order chi connectivity index (χ1) is 11.0. The lowest BCUT2D eigenvalue weighted by molar-refractivity contribution is -0.123. The molecule has 3 amide bonds. The molecule has 3 N–H and O–H groups in total. The maximum absolute atomic E-state index is 13.6. The highest BCUT2D eigenvalue weighted by atomic mass is 19.1. The summed E-state index contributed by atoms with van der Waals surface area (Å²) in [5.74, 6) is -0.221. The lowest BCUT2D eigenvalue weighted by Gasteiger charge is -2.15. The van der Waals surface area contributed by atoms with Crippen LogP contribution in [0.25, 0.3) is 0 Å². The number of hydrogen-bond donors (Lipinski definition) is 3. The van der Waals surface area contributed by atoms with Crippen molar-refractivity contribution in [2.45, 2.75) is 39.2 Å². The smallest absolute Gasteiger partial charge is 0.315 e. The van der Waals surface area contributed by atoms with Gasteiger partial charge >= 0.3 is 6.03 Å². The first-order valence-electron chi connectivity index (χ1n) is 8.08. The molecule has 2 rings (SSSR count). The summed E-state index contributed by atoms with van der Waals surface area (Å²) in [7, 11) is 0. The maximum atomic E-state index is 13.6. The monoisotopic (exact) mass is 321 g/mol. The van der Waals surface area contributed by atoms with Gasteiger partial charge in [-0.25, -0.2) is 9.18 Å². The molecule has 0 saturated heterocycles. The molecule has 0 unspecified atom stereocenters. The molecular formula is C17H24FN3O2. The van der Waals surface area contributed by atoms with Crippen LogP contribution in [0.15, 0.2) is 18.2 Å². The number of urea groups is 1. The fourth-order valence-corrected chi connectivity index (χ4v) is 2.67. The van der Waals surface area contributed by atoms with Crippen LogP contribution >= 0.6 is 0 Å². The van der Waals surface area contributed by atoms with E-state index in [1.165, 1.54) is 6.07 Å². The molecule has 1 atom stereocenters. The van der Waals surface area contributed by atoms with Gasteiger partial charge in [0, 0.05) is 19.0 Å². The molecule has 0 spiro atoms. The molecule has 1 aromatic rings. The average Bonchev–Trinajstić information content (AvgIpc) is 2.91. The van der Waals surface area contributed by atoms with Gasteiger partial charge in [0.15, 0.2) is 0 Å². The van der Waals surface area contributed by atoms with E-state index in [1.54, 1.807) is 6.07 Å². The zero-order chi connectivity index (χ0) is 16.8. The van der Waals surface area contributed by atoms with Crippen molar-refractivity contribution in [3.63, 3.8) is 0 Å². The highest BCUT2D eigenvalue weighted by Crippen LogP contribution is 2.32. The second kappa shape index (κ2) is 7.94. The van der Waals surface area contributed by atoms with Crippen molar-refractivity contribution in [3.05, 3.63) is 35.1 Å². The zero-order valence-electron chi connectivity index (χ0n) is 13.6. The molecule has 0 aromatic heterocycles. The largest absolute Gasteiger partial charge is 0.356 e. The summed E-state index contributed by atoms with van der Waals surface area (Å²) in [5.41, 5.74) is 1.57. The topological polar surface area (TPSA) is 70.2 Å². The Balaban J connectivity index is 1.69. The van der Waals surface area contributed by atoms with E-state index in [9.17, 15) is 14.0 Å². The number of nitrogens with one attached hydrogen (secondary N) is 3. The van der Waals surface area contributed by atoms with Gasteiger partial charge in [0.05, 0.1) is 6.04 Å². The van der Waals surface area contributed by atoms with Crippen molar-refractivity contribution in [1.82, 2.24) is 16.0 Å². The summed E-state index contributed by atoms with van der Waals surface area (Å²) in [6, 6.07) is 4.58. The summed E-state index contributed by atoms with van der Waals surface area (Å²) in [6.45, 7) is 4.69. The Morgan fingerprint density at radius 1 is 1.26 bits per heavy atom. The Morgan fingerprint density at radius 2 is 2.00 bits per heavy atom. The first kappa shape index (κ1) is 17.2. The molecule has 5 nitrogen and oxygen atoms in total. The highest BCUT2D eigenvalue weighted by Gasteiger charge is 2.25. The van der Waals surface area contributed by atoms with Crippen molar-refractivity contribution >= 4 is 11.9 Å². The van der Waals surface area contributed by atoms with Gasteiger partial charge in [-0.3, -0.25) is 4.79 Å².